The van der Waals surface area contributed by atoms with Crippen LogP contribution in [0.2, 0.25) is 0 Å². The Balaban J connectivity index is 3.80. The Hall–Kier alpha value is -1.04. The van der Waals surface area contributed by atoms with Crippen LogP contribution in [0.15, 0.2) is 0 Å². The highest BCUT2D eigenvalue weighted by Gasteiger charge is 2.15. The van der Waals surface area contributed by atoms with Crippen molar-refractivity contribution < 1.29 is 19.1 Å². The Morgan fingerprint density at radius 2 is 1.94 bits per heavy atom. The molecule has 0 aromatic carbocycles. The molecule has 0 aliphatic rings. The van der Waals surface area contributed by atoms with Gasteiger partial charge in [0, 0.05) is 18.2 Å². The van der Waals surface area contributed by atoms with Crippen molar-refractivity contribution in [1.82, 2.24) is 5.32 Å². The predicted molar refractivity (Wildman–Crippen MR) is 66.6 cm³/mol. The molecule has 0 aliphatic carbocycles. The van der Waals surface area contributed by atoms with Crippen LogP contribution in [-0.4, -0.2) is 35.4 Å². The van der Waals surface area contributed by atoms with Crippen molar-refractivity contribution in [1.29, 1.82) is 0 Å². The number of ether oxygens (including phenoxy) is 1. The molecule has 98 valence electrons. The molecule has 0 rings (SSSR count). The number of hydrogen-bond acceptors (Lipinski definition) is 5. The Kier molecular flexibility index (Phi) is 8.49. The van der Waals surface area contributed by atoms with Gasteiger partial charge in [0.25, 0.3) is 0 Å². The van der Waals surface area contributed by atoms with Crippen molar-refractivity contribution in [2.45, 2.75) is 38.9 Å². The van der Waals surface area contributed by atoms with Crippen LogP contribution in [0.5, 0.6) is 0 Å². The second kappa shape index (κ2) is 9.04. The Morgan fingerprint density at radius 3 is 2.47 bits per heavy atom. The molecule has 0 spiro atoms. The Labute approximate surface area is 106 Å². The summed E-state index contributed by atoms with van der Waals surface area (Å²) in [5, 5.41) is 2.40. The minimum absolute atomic E-state index is 0.0460. The molecule has 5 nitrogen and oxygen atoms in total. The van der Waals surface area contributed by atoms with Gasteiger partial charge in [-0.15, -0.1) is 0 Å². The van der Waals surface area contributed by atoms with Crippen LogP contribution in [0.3, 0.4) is 0 Å². The summed E-state index contributed by atoms with van der Waals surface area (Å²) in [7, 11) is 0. The maximum atomic E-state index is 11.4. The first-order chi connectivity index (χ1) is 7.99. The van der Waals surface area contributed by atoms with Crippen LogP contribution in [-0.2, 0) is 19.1 Å². The number of rotatable bonds is 7. The number of hydrogen-bond donors (Lipinski definition) is 1. The van der Waals surface area contributed by atoms with E-state index in [1.165, 1.54) is 0 Å². The van der Waals surface area contributed by atoms with Crippen LogP contribution in [0.1, 0.15) is 33.6 Å². The van der Waals surface area contributed by atoms with Gasteiger partial charge in [-0.05, 0) is 6.92 Å². The van der Waals surface area contributed by atoms with Gasteiger partial charge in [-0.1, -0.05) is 25.6 Å². The van der Waals surface area contributed by atoms with E-state index in [-0.39, 0.29) is 29.3 Å². The second-order valence-electron chi connectivity index (χ2n) is 3.44. The summed E-state index contributed by atoms with van der Waals surface area (Å²) in [5.74, 6) is -0.551. The molecule has 1 amide bonds. The van der Waals surface area contributed by atoms with Crippen molar-refractivity contribution >= 4 is 28.8 Å². The van der Waals surface area contributed by atoms with Gasteiger partial charge in [0.2, 0.25) is 5.91 Å². The van der Waals surface area contributed by atoms with Crippen molar-refractivity contribution in [3.05, 3.63) is 0 Å². The molecule has 0 saturated heterocycles. The topological polar surface area (TPSA) is 72.5 Å². The van der Waals surface area contributed by atoms with Gasteiger partial charge < -0.3 is 10.1 Å². The van der Waals surface area contributed by atoms with E-state index in [0.717, 1.165) is 11.8 Å². The molecule has 1 N–H and O–H groups in total. The van der Waals surface area contributed by atoms with Gasteiger partial charge in [0.1, 0.15) is 6.42 Å². The first-order valence-corrected chi connectivity index (χ1v) is 6.49. The van der Waals surface area contributed by atoms with Crippen molar-refractivity contribution in [2.75, 3.05) is 13.2 Å². The summed E-state index contributed by atoms with van der Waals surface area (Å²) in [6, 6.07) is 0. The average Bonchev–Trinajstić information content (AvgIpc) is 2.25. The van der Waals surface area contributed by atoms with Crippen LogP contribution in [0, 0.1) is 0 Å². The number of carbonyl (C=O) groups is 3. The highest BCUT2D eigenvalue weighted by Crippen LogP contribution is 2.13. The molecule has 0 aromatic heterocycles. The van der Waals surface area contributed by atoms with Crippen LogP contribution in [0.25, 0.3) is 0 Å². The molecule has 17 heavy (non-hydrogen) atoms. The number of esters is 1. The van der Waals surface area contributed by atoms with Crippen LogP contribution >= 0.6 is 11.8 Å². The van der Waals surface area contributed by atoms with Gasteiger partial charge in [0.05, 0.1) is 6.61 Å². The molecule has 0 aliphatic heterocycles. The van der Waals surface area contributed by atoms with Gasteiger partial charge in [-0.25, -0.2) is 0 Å². The van der Waals surface area contributed by atoms with E-state index in [1.54, 1.807) is 13.8 Å². The summed E-state index contributed by atoms with van der Waals surface area (Å²) in [6.07, 6.45) is 0.207. The first-order valence-electron chi connectivity index (χ1n) is 5.61. The summed E-state index contributed by atoms with van der Waals surface area (Å²) < 4.78 is 4.67. The molecule has 0 bridgehead atoms. The van der Waals surface area contributed by atoms with E-state index in [4.69, 9.17) is 0 Å². The van der Waals surface area contributed by atoms with Crippen molar-refractivity contribution in [3.63, 3.8) is 0 Å². The van der Waals surface area contributed by atoms with Crippen molar-refractivity contribution in [2.24, 2.45) is 0 Å². The minimum atomic E-state index is -0.505. The maximum Gasteiger partial charge on any atom is 0.314 e. The number of thioether (sulfide) groups is 1. The summed E-state index contributed by atoms with van der Waals surface area (Å²) in [4.78, 5) is 33.4. The third kappa shape index (κ3) is 8.74. The van der Waals surface area contributed by atoms with Gasteiger partial charge in [-0.2, -0.15) is 0 Å². The first kappa shape index (κ1) is 16.0. The molecular formula is C11H19NO4S. The van der Waals surface area contributed by atoms with E-state index in [0.29, 0.717) is 13.0 Å². The quantitative estimate of drug-likeness (QED) is 0.549. The standard InChI is InChI=1S/C11H19NO4S/c1-4-9(13)12-7-8(3)17-11(15)6-10(14)16-5-2/h8H,4-7H2,1-3H3,(H,12,13). The van der Waals surface area contributed by atoms with Crippen molar-refractivity contribution in [3.8, 4) is 0 Å². The van der Waals surface area contributed by atoms with E-state index in [9.17, 15) is 14.4 Å². The number of amides is 1. The molecule has 0 heterocycles. The number of carbonyl (C=O) groups excluding carboxylic acids is 3. The SMILES string of the molecule is CCOC(=O)CC(=O)SC(C)CNC(=O)CC. The van der Waals surface area contributed by atoms with E-state index < -0.39 is 5.97 Å². The lowest BCUT2D eigenvalue weighted by molar-refractivity contribution is -0.144. The summed E-state index contributed by atoms with van der Waals surface area (Å²) in [6.45, 7) is 5.98. The van der Waals surface area contributed by atoms with Gasteiger partial charge in [-0.3, -0.25) is 14.4 Å². The maximum absolute atomic E-state index is 11.4. The van der Waals surface area contributed by atoms with E-state index >= 15 is 0 Å². The lowest BCUT2D eigenvalue weighted by atomic mass is 10.4. The lowest BCUT2D eigenvalue weighted by Crippen LogP contribution is -2.29. The van der Waals surface area contributed by atoms with Gasteiger partial charge >= 0.3 is 5.97 Å². The van der Waals surface area contributed by atoms with Crippen LogP contribution in [0.4, 0.5) is 0 Å². The molecule has 6 heteroatoms. The largest absolute Gasteiger partial charge is 0.466 e. The zero-order valence-electron chi connectivity index (χ0n) is 10.4. The second-order valence-corrected chi connectivity index (χ2v) is 4.94. The molecule has 0 saturated carbocycles. The molecule has 1 unspecified atom stereocenters. The molecular weight excluding hydrogens is 242 g/mol. The fourth-order valence-corrected chi connectivity index (χ4v) is 1.84. The third-order valence-corrected chi connectivity index (χ3v) is 2.81. The fourth-order valence-electron chi connectivity index (χ4n) is 1.02. The normalized spacial score (nSPS) is 11.7. The zero-order valence-corrected chi connectivity index (χ0v) is 11.3. The third-order valence-electron chi connectivity index (χ3n) is 1.83. The smallest absolute Gasteiger partial charge is 0.314 e. The van der Waals surface area contributed by atoms with Gasteiger partial charge in [0.15, 0.2) is 5.12 Å². The monoisotopic (exact) mass is 261 g/mol. The summed E-state index contributed by atoms with van der Waals surface area (Å²) >= 11 is 1.05. The van der Waals surface area contributed by atoms with Crippen LogP contribution < -0.4 is 5.32 Å². The van der Waals surface area contributed by atoms with E-state index in [1.807, 2.05) is 6.92 Å². The molecule has 1 atom stereocenters. The average molecular weight is 261 g/mol. The van der Waals surface area contributed by atoms with E-state index in [2.05, 4.69) is 10.1 Å². The zero-order chi connectivity index (χ0) is 13.3. The summed E-state index contributed by atoms with van der Waals surface area (Å²) in [5.41, 5.74) is 0. The highest BCUT2D eigenvalue weighted by atomic mass is 32.2. The fraction of sp³-hybridized carbons (Fsp3) is 0.727. The molecule has 0 radical (unpaired) electrons. The predicted octanol–water partition coefficient (Wildman–Crippen LogP) is 1.11. The number of nitrogens with one attached hydrogen (secondary N) is 1. The Morgan fingerprint density at radius 1 is 1.29 bits per heavy atom. The molecule has 0 fully saturated rings. The highest BCUT2D eigenvalue weighted by molar-refractivity contribution is 8.14. The molecule has 0 aromatic rings. The lowest BCUT2D eigenvalue weighted by Gasteiger charge is -2.10. The minimum Gasteiger partial charge on any atom is -0.466 e. The Bertz CT molecular complexity index is 281.